The zero-order valence-corrected chi connectivity index (χ0v) is 9.82. The van der Waals surface area contributed by atoms with Crippen LogP contribution in [0.15, 0.2) is 18.2 Å². The van der Waals surface area contributed by atoms with Gasteiger partial charge in [-0.15, -0.1) is 0 Å². The second-order valence-electron chi connectivity index (χ2n) is 3.92. The van der Waals surface area contributed by atoms with Gasteiger partial charge in [-0.2, -0.15) is 0 Å². The van der Waals surface area contributed by atoms with Crippen molar-refractivity contribution in [2.75, 3.05) is 6.61 Å². The van der Waals surface area contributed by atoms with Crippen LogP contribution >= 0.6 is 0 Å². The van der Waals surface area contributed by atoms with E-state index in [2.05, 4.69) is 0 Å². The van der Waals surface area contributed by atoms with Gasteiger partial charge in [0.25, 0.3) is 0 Å². The summed E-state index contributed by atoms with van der Waals surface area (Å²) in [4.78, 5) is 10.3. The van der Waals surface area contributed by atoms with Crippen LogP contribution in [-0.2, 0) is 4.79 Å². The van der Waals surface area contributed by atoms with E-state index in [1.807, 2.05) is 32.0 Å². The fourth-order valence-electron chi connectivity index (χ4n) is 1.58. The molecule has 0 amide bonds. The smallest absolute Gasteiger partial charge is 0.303 e. The van der Waals surface area contributed by atoms with Gasteiger partial charge in [0.1, 0.15) is 5.75 Å². The van der Waals surface area contributed by atoms with Crippen molar-refractivity contribution in [1.82, 2.24) is 0 Å². The van der Waals surface area contributed by atoms with Gasteiger partial charge in [-0.25, -0.2) is 0 Å². The molecule has 0 fully saturated rings. The molecule has 0 unspecified atom stereocenters. The predicted molar refractivity (Wildman–Crippen MR) is 62.9 cm³/mol. The number of aliphatic carboxylic acids is 1. The number of carboxylic acids is 1. The molecule has 88 valence electrons. The number of hydrogen-bond acceptors (Lipinski definition) is 2. The molecule has 16 heavy (non-hydrogen) atoms. The Labute approximate surface area is 96.1 Å². The van der Waals surface area contributed by atoms with Gasteiger partial charge in [-0.05, 0) is 37.8 Å². The second-order valence-corrected chi connectivity index (χ2v) is 3.92. The monoisotopic (exact) mass is 222 g/mol. The molecule has 3 heteroatoms. The molecule has 0 aromatic heterocycles. The number of benzene rings is 1. The van der Waals surface area contributed by atoms with Gasteiger partial charge in [0.05, 0.1) is 6.61 Å². The van der Waals surface area contributed by atoms with E-state index >= 15 is 0 Å². The van der Waals surface area contributed by atoms with Gasteiger partial charge in [0.15, 0.2) is 0 Å². The Kier molecular flexibility index (Phi) is 4.83. The lowest BCUT2D eigenvalue weighted by Gasteiger charge is -2.11. The molecule has 0 bridgehead atoms. The molecular formula is C13H18O3. The molecule has 0 spiro atoms. The van der Waals surface area contributed by atoms with Crippen molar-refractivity contribution in [3.8, 4) is 5.75 Å². The summed E-state index contributed by atoms with van der Waals surface area (Å²) >= 11 is 0. The van der Waals surface area contributed by atoms with Crippen molar-refractivity contribution in [3.05, 3.63) is 29.3 Å². The van der Waals surface area contributed by atoms with Crippen LogP contribution in [-0.4, -0.2) is 17.7 Å². The highest BCUT2D eigenvalue weighted by Crippen LogP contribution is 2.22. The van der Waals surface area contributed by atoms with Crippen LogP contribution in [0.25, 0.3) is 0 Å². The summed E-state index contributed by atoms with van der Waals surface area (Å²) in [5, 5.41) is 8.48. The van der Waals surface area contributed by atoms with Crippen LogP contribution in [0.4, 0.5) is 0 Å². The summed E-state index contributed by atoms with van der Waals surface area (Å²) < 4.78 is 5.66. The third kappa shape index (κ3) is 3.93. The summed E-state index contributed by atoms with van der Waals surface area (Å²) in [6.45, 7) is 4.61. The SMILES string of the molecule is Cc1cccc(C)c1OCCCCC(=O)O. The first kappa shape index (κ1) is 12.6. The zero-order valence-electron chi connectivity index (χ0n) is 9.82. The lowest BCUT2D eigenvalue weighted by molar-refractivity contribution is -0.137. The molecule has 0 aliphatic heterocycles. The van der Waals surface area contributed by atoms with Crippen molar-refractivity contribution >= 4 is 5.97 Å². The number of rotatable bonds is 6. The molecule has 0 aliphatic rings. The first-order valence-electron chi connectivity index (χ1n) is 5.52. The average molecular weight is 222 g/mol. The highest BCUT2D eigenvalue weighted by atomic mass is 16.5. The number of carboxylic acid groups (broad SMARTS) is 1. The maximum Gasteiger partial charge on any atom is 0.303 e. The van der Waals surface area contributed by atoms with Crippen LogP contribution < -0.4 is 4.74 Å². The van der Waals surface area contributed by atoms with Gasteiger partial charge >= 0.3 is 5.97 Å². The lowest BCUT2D eigenvalue weighted by atomic mass is 10.1. The zero-order chi connectivity index (χ0) is 12.0. The highest BCUT2D eigenvalue weighted by Gasteiger charge is 2.03. The summed E-state index contributed by atoms with van der Waals surface area (Å²) in [6.07, 6.45) is 1.66. The Bertz CT molecular complexity index is 338. The number of hydrogen-bond donors (Lipinski definition) is 1. The summed E-state index contributed by atoms with van der Waals surface area (Å²) in [5.41, 5.74) is 2.25. The average Bonchev–Trinajstić information content (AvgIpc) is 2.21. The van der Waals surface area contributed by atoms with Crippen LogP contribution in [0.5, 0.6) is 5.75 Å². The molecule has 0 saturated carbocycles. The van der Waals surface area contributed by atoms with E-state index < -0.39 is 5.97 Å². The minimum absolute atomic E-state index is 0.218. The molecule has 3 nitrogen and oxygen atoms in total. The van der Waals surface area contributed by atoms with E-state index in [9.17, 15) is 4.79 Å². The molecule has 1 N–H and O–H groups in total. The van der Waals surface area contributed by atoms with Crippen molar-refractivity contribution in [2.45, 2.75) is 33.1 Å². The topological polar surface area (TPSA) is 46.5 Å². The molecule has 1 aromatic rings. The number of ether oxygens (including phenoxy) is 1. The number of carbonyl (C=O) groups is 1. The Morgan fingerprint density at radius 2 is 1.88 bits per heavy atom. The quantitative estimate of drug-likeness (QED) is 0.753. The normalized spacial score (nSPS) is 10.1. The molecule has 1 rings (SSSR count). The molecule has 0 saturated heterocycles. The van der Waals surface area contributed by atoms with Gasteiger partial charge in [0, 0.05) is 6.42 Å². The van der Waals surface area contributed by atoms with Crippen LogP contribution in [0.1, 0.15) is 30.4 Å². The van der Waals surface area contributed by atoms with Gasteiger partial charge in [-0.3, -0.25) is 4.79 Å². The Hall–Kier alpha value is -1.51. The fourth-order valence-corrected chi connectivity index (χ4v) is 1.58. The maximum absolute atomic E-state index is 10.3. The third-order valence-corrected chi connectivity index (χ3v) is 2.44. The first-order chi connectivity index (χ1) is 7.61. The van der Waals surface area contributed by atoms with Gasteiger partial charge in [0.2, 0.25) is 0 Å². The van der Waals surface area contributed by atoms with Gasteiger partial charge < -0.3 is 9.84 Å². The van der Waals surface area contributed by atoms with Crippen molar-refractivity contribution in [2.24, 2.45) is 0 Å². The third-order valence-electron chi connectivity index (χ3n) is 2.44. The van der Waals surface area contributed by atoms with E-state index in [1.54, 1.807) is 0 Å². The van der Waals surface area contributed by atoms with Crippen LogP contribution in [0.3, 0.4) is 0 Å². The Balaban J connectivity index is 2.34. The number of unbranched alkanes of at least 4 members (excludes halogenated alkanes) is 1. The molecule has 0 heterocycles. The maximum atomic E-state index is 10.3. The molecule has 0 radical (unpaired) electrons. The first-order valence-corrected chi connectivity index (χ1v) is 5.52. The van der Waals surface area contributed by atoms with E-state index in [4.69, 9.17) is 9.84 Å². The highest BCUT2D eigenvalue weighted by molar-refractivity contribution is 5.66. The predicted octanol–water partition coefficient (Wildman–Crippen LogP) is 2.94. The number of aryl methyl sites for hydroxylation is 2. The molecular weight excluding hydrogens is 204 g/mol. The van der Waals surface area contributed by atoms with Crippen molar-refractivity contribution in [1.29, 1.82) is 0 Å². The second kappa shape index (κ2) is 6.16. The summed E-state index contributed by atoms with van der Waals surface area (Å²) in [5.74, 6) is 0.185. The molecule has 1 aromatic carbocycles. The van der Waals surface area contributed by atoms with Crippen LogP contribution in [0.2, 0.25) is 0 Å². The minimum Gasteiger partial charge on any atom is -0.493 e. The van der Waals surface area contributed by atoms with Crippen molar-refractivity contribution in [3.63, 3.8) is 0 Å². The van der Waals surface area contributed by atoms with Crippen molar-refractivity contribution < 1.29 is 14.6 Å². The summed E-state index contributed by atoms with van der Waals surface area (Å²) in [7, 11) is 0. The van der Waals surface area contributed by atoms with Crippen LogP contribution in [0, 0.1) is 13.8 Å². The Morgan fingerprint density at radius 3 is 2.44 bits per heavy atom. The standard InChI is InChI=1S/C13H18O3/c1-10-6-5-7-11(2)13(10)16-9-4-3-8-12(14)15/h5-7H,3-4,8-9H2,1-2H3,(H,14,15). The molecule has 0 aliphatic carbocycles. The van der Waals surface area contributed by atoms with E-state index in [1.165, 1.54) is 0 Å². The van der Waals surface area contributed by atoms with Gasteiger partial charge in [-0.1, -0.05) is 18.2 Å². The van der Waals surface area contributed by atoms with E-state index in [-0.39, 0.29) is 6.42 Å². The fraction of sp³-hybridized carbons (Fsp3) is 0.462. The van der Waals surface area contributed by atoms with E-state index in [0.717, 1.165) is 23.3 Å². The minimum atomic E-state index is -0.743. The number of para-hydroxylation sites is 1. The van der Waals surface area contributed by atoms with E-state index in [0.29, 0.717) is 13.0 Å². The Morgan fingerprint density at radius 1 is 1.25 bits per heavy atom. The lowest BCUT2D eigenvalue weighted by Crippen LogP contribution is -2.02. The molecule has 0 atom stereocenters. The largest absolute Gasteiger partial charge is 0.493 e. The summed E-state index contributed by atoms with van der Waals surface area (Å²) in [6, 6.07) is 6.03.